The molecule has 184 valence electrons. The molecule has 9 heteroatoms. The van der Waals surface area contributed by atoms with Crippen LogP contribution in [0.2, 0.25) is 5.02 Å². The largest absolute Gasteiger partial charge is 0.507 e. The maximum Gasteiger partial charge on any atom is 0.295 e. The van der Waals surface area contributed by atoms with Crippen molar-refractivity contribution < 1.29 is 24.2 Å². The number of nitrogens with one attached hydrogen (secondary N) is 1. The zero-order valence-electron chi connectivity index (χ0n) is 20.1. The molecule has 2 aromatic carbocycles. The van der Waals surface area contributed by atoms with Crippen LogP contribution in [0.3, 0.4) is 0 Å². The minimum Gasteiger partial charge on any atom is -0.507 e. The van der Waals surface area contributed by atoms with Gasteiger partial charge in [0.15, 0.2) is 0 Å². The third-order valence-electron chi connectivity index (χ3n) is 6.19. The molecule has 1 aliphatic heterocycles. The van der Waals surface area contributed by atoms with Crippen molar-refractivity contribution in [2.75, 3.05) is 41.4 Å². The predicted octanol–water partition coefficient (Wildman–Crippen LogP) is 4.21. The lowest BCUT2D eigenvalue weighted by atomic mass is 9.94. The number of para-hydroxylation sites is 1. The summed E-state index contributed by atoms with van der Waals surface area (Å²) in [6, 6.07) is 9.87. The molecule has 0 radical (unpaired) electrons. The fraction of sp³-hybridized carbons (Fsp3) is 0.308. The SMILES string of the molecule is COc1cc(OC)c(/C(O)=C2\C(=O)C(=O)N(CCCN(C)C)C2c2c[nH]c3ccccc23)cc1Cl. The van der Waals surface area contributed by atoms with Gasteiger partial charge in [0.2, 0.25) is 0 Å². The lowest BCUT2D eigenvalue weighted by Gasteiger charge is -2.25. The first-order chi connectivity index (χ1) is 16.8. The first-order valence-corrected chi connectivity index (χ1v) is 11.6. The van der Waals surface area contributed by atoms with Crippen LogP contribution in [0.25, 0.3) is 16.7 Å². The molecule has 3 aromatic rings. The first kappa shape index (κ1) is 24.6. The molecular weight excluding hydrogens is 470 g/mol. The number of hydrogen-bond donors (Lipinski definition) is 2. The number of likely N-dealkylation sites (tertiary alicyclic amines) is 1. The van der Waals surface area contributed by atoms with Crippen molar-refractivity contribution in [1.29, 1.82) is 0 Å². The topological polar surface area (TPSA) is 95.1 Å². The number of ketones is 1. The molecule has 1 amide bonds. The summed E-state index contributed by atoms with van der Waals surface area (Å²) in [5.41, 5.74) is 1.79. The van der Waals surface area contributed by atoms with Crippen molar-refractivity contribution in [3.63, 3.8) is 0 Å². The van der Waals surface area contributed by atoms with Crippen LogP contribution in [-0.4, -0.2) is 73.0 Å². The number of carbonyl (C=O) groups excluding carboxylic acids is 2. The zero-order chi connectivity index (χ0) is 25.3. The number of aliphatic hydroxyl groups is 1. The van der Waals surface area contributed by atoms with Crippen molar-refractivity contribution in [2.45, 2.75) is 12.5 Å². The molecule has 0 spiro atoms. The second-order valence-electron chi connectivity index (χ2n) is 8.63. The molecule has 1 unspecified atom stereocenters. The Balaban J connectivity index is 1.91. The average Bonchev–Trinajstić information content (AvgIpc) is 3.37. The van der Waals surface area contributed by atoms with E-state index in [0.29, 0.717) is 18.7 Å². The third kappa shape index (κ3) is 4.47. The smallest absolute Gasteiger partial charge is 0.295 e. The number of halogens is 1. The van der Waals surface area contributed by atoms with Crippen molar-refractivity contribution in [3.05, 3.63) is 64.3 Å². The molecule has 1 aromatic heterocycles. The van der Waals surface area contributed by atoms with Gasteiger partial charge in [-0.3, -0.25) is 9.59 Å². The number of aromatic amines is 1. The minimum absolute atomic E-state index is 0.0101. The van der Waals surface area contributed by atoms with Gasteiger partial charge in [-0.15, -0.1) is 0 Å². The maximum absolute atomic E-state index is 13.3. The van der Waals surface area contributed by atoms with E-state index in [9.17, 15) is 14.7 Å². The fourth-order valence-corrected chi connectivity index (χ4v) is 4.74. The van der Waals surface area contributed by atoms with Gasteiger partial charge >= 0.3 is 0 Å². The highest BCUT2D eigenvalue weighted by atomic mass is 35.5. The number of aromatic nitrogens is 1. The van der Waals surface area contributed by atoms with Crippen molar-refractivity contribution in [3.8, 4) is 11.5 Å². The van der Waals surface area contributed by atoms with Gasteiger partial charge in [0, 0.05) is 35.3 Å². The Labute approximate surface area is 208 Å². The number of H-pyrrole nitrogens is 1. The number of ether oxygens (including phenoxy) is 2. The van der Waals surface area contributed by atoms with Crippen LogP contribution in [0.1, 0.15) is 23.6 Å². The van der Waals surface area contributed by atoms with E-state index in [1.165, 1.54) is 31.3 Å². The van der Waals surface area contributed by atoms with Crippen molar-refractivity contribution in [2.24, 2.45) is 0 Å². The minimum atomic E-state index is -0.779. The zero-order valence-corrected chi connectivity index (χ0v) is 20.8. The highest BCUT2D eigenvalue weighted by molar-refractivity contribution is 6.46. The highest BCUT2D eigenvalue weighted by Gasteiger charge is 2.47. The van der Waals surface area contributed by atoms with E-state index in [0.717, 1.165) is 23.0 Å². The van der Waals surface area contributed by atoms with E-state index in [4.69, 9.17) is 21.1 Å². The summed E-state index contributed by atoms with van der Waals surface area (Å²) in [5.74, 6) is -1.14. The average molecular weight is 498 g/mol. The Kier molecular flexibility index (Phi) is 7.05. The number of amides is 1. The monoisotopic (exact) mass is 497 g/mol. The molecule has 1 aliphatic rings. The van der Waals surface area contributed by atoms with Gasteiger partial charge in [0.05, 0.1) is 36.4 Å². The van der Waals surface area contributed by atoms with Crippen molar-refractivity contribution >= 4 is 40.0 Å². The normalized spacial score (nSPS) is 17.5. The van der Waals surface area contributed by atoms with Gasteiger partial charge in [-0.25, -0.2) is 0 Å². The quantitative estimate of drug-likeness (QED) is 0.275. The van der Waals surface area contributed by atoms with E-state index in [2.05, 4.69) is 4.98 Å². The molecule has 0 bridgehead atoms. The lowest BCUT2D eigenvalue weighted by molar-refractivity contribution is -0.139. The van der Waals surface area contributed by atoms with Gasteiger partial charge in [-0.2, -0.15) is 0 Å². The molecule has 35 heavy (non-hydrogen) atoms. The molecule has 8 nitrogen and oxygen atoms in total. The number of fused-ring (bicyclic) bond motifs is 1. The van der Waals surface area contributed by atoms with Crippen LogP contribution < -0.4 is 9.47 Å². The number of Topliss-reactive ketones (excluding diaryl/α,β-unsaturated/α-hetero) is 1. The second kappa shape index (κ2) is 10.0. The Morgan fingerprint density at radius 2 is 1.86 bits per heavy atom. The summed E-state index contributed by atoms with van der Waals surface area (Å²) in [7, 11) is 6.81. The van der Waals surface area contributed by atoms with Crippen LogP contribution in [0.5, 0.6) is 11.5 Å². The fourth-order valence-electron chi connectivity index (χ4n) is 4.50. The third-order valence-corrected chi connectivity index (χ3v) is 6.48. The molecule has 2 heterocycles. The van der Waals surface area contributed by atoms with Crippen LogP contribution >= 0.6 is 11.6 Å². The van der Waals surface area contributed by atoms with E-state index >= 15 is 0 Å². The van der Waals surface area contributed by atoms with Crippen LogP contribution in [0, 0.1) is 0 Å². The summed E-state index contributed by atoms with van der Waals surface area (Å²) in [5, 5.41) is 12.6. The van der Waals surface area contributed by atoms with Gasteiger partial charge in [0.25, 0.3) is 11.7 Å². The van der Waals surface area contributed by atoms with Gasteiger partial charge < -0.3 is 29.4 Å². The summed E-state index contributed by atoms with van der Waals surface area (Å²) in [6.45, 7) is 1.09. The van der Waals surface area contributed by atoms with Crippen LogP contribution in [0.4, 0.5) is 0 Å². The first-order valence-electron chi connectivity index (χ1n) is 11.2. The van der Waals surface area contributed by atoms with Gasteiger partial charge in [-0.1, -0.05) is 29.8 Å². The molecular formula is C26H28ClN3O5. The molecule has 1 fully saturated rings. The van der Waals surface area contributed by atoms with Crippen molar-refractivity contribution in [1.82, 2.24) is 14.8 Å². The standard InChI is InChI=1S/C26H28ClN3O5/c1-29(2)10-7-11-30-23(17-14-28-19-9-6-5-8-15(17)19)22(25(32)26(30)33)24(31)16-12-18(27)21(35-4)13-20(16)34-3/h5-6,8-9,12-14,23,28,31H,7,10-11H2,1-4H3/b24-22+. The Morgan fingerprint density at radius 1 is 1.14 bits per heavy atom. The van der Waals surface area contributed by atoms with Gasteiger partial charge in [0.1, 0.15) is 17.3 Å². The van der Waals surface area contributed by atoms with Gasteiger partial charge in [-0.05, 0) is 39.2 Å². The predicted molar refractivity (Wildman–Crippen MR) is 135 cm³/mol. The van der Waals surface area contributed by atoms with E-state index in [-0.39, 0.29) is 27.7 Å². The Bertz CT molecular complexity index is 1310. The highest BCUT2D eigenvalue weighted by Crippen LogP contribution is 2.44. The number of aliphatic hydroxyl groups excluding tert-OH is 1. The number of hydrogen-bond acceptors (Lipinski definition) is 6. The van der Waals surface area contributed by atoms with Crippen LogP contribution in [0.15, 0.2) is 48.2 Å². The molecule has 4 rings (SSSR count). The van der Waals surface area contributed by atoms with E-state index in [1.54, 1.807) is 6.20 Å². The number of nitrogens with zero attached hydrogens (tertiary/aromatic N) is 2. The summed E-state index contributed by atoms with van der Waals surface area (Å²) >= 11 is 6.33. The second-order valence-corrected chi connectivity index (χ2v) is 9.03. The lowest BCUT2D eigenvalue weighted by Crippen LogP contribution is -2.32. The number of carbonyl (C=O) groups is 2. The van der Waals surface area contributed by atoms with Crippen LogP contribution in [-0.2, 0) is 9.59 Å². The summed E-state index contributed by atoms with van der Waals surface area (Å²) in [4.78, 5) is 33.3. The molecule has 1 atom stereocenters. The molecule has 2 N–H and O–H groups in total. The number of benzene rings is 2. The number of methoxy groups -OCH3 is 2. The Hall–Kier alpha value is -3.49. The summed E-state index contributed by atoms with van der Waals surface area (Å²) < 4.78 is 10.7. The number of rotatable bonds is 8. The van der Waals surface area contributed by atoms with E-state index in [1.807, 2.05) is 43.3 Å². The molecule has 0 aliphatic carbocycles. The summed E-state index contributed by atoms with van der Waals surface area (Å²) in [6.07, 6.45) is 2.45. The maximum atomic E-state index is 13.3. The van der Waals surface area contributed by atoms with E-state index < -0.39 is 17.7 Å². The Morgan fingerprint density at radius 3 is 2.54 bits per heavy atom. The molecule has 0 saturated carbocycles. The molecule has 1 saturated heterocycles.